The summed E-state index contributed by atoms with van der Waals surface area (Å²) in [6.07, 6.45) is 1.32. The number of sulfonamides is 1. The number of nitrogens with two attached hydrogens (primary N) is 1. The maximum absolute atomic E-state index is 12.8. The van der Waals surface area contributed by atoms with Gasteiger partial charge >= 0.3 is 0 Å². The Bertz CT molecular complexity index is 1470. The number of amides is 2. The van der Waals surface area contributed by atoms with Crippen molar-refractivity contribution in [3.8, 4) is 11.3 Å². The molecule has 0 unspecified atom stereocenters. The lowest BCUT2D eigenvalue weighted by Crippen LogP contribution is -2.28. The third-order valence-electron chi connectivity index (χ3n) is 4.59. The molecule has 0 aliphatic rings. The highest BCUT2D eigenvalue weighted by atomic mass is 32.2. The number of hydrogen-bond acceptors (Lipinski definition) is 9. The zero-order valence-corrected chi connectivity index (χ0v) is 19.8. The molecule has 3 rings (SSSR count). The van der Waals surface area contributed by atoms with Crippen LogP contribution < -0.4 is 15.8 Å². The van der Waals surface area contributed by atoms with Crippen LogP contribution in [-0.2, 0) is 24.7 Å². The maximum Gasteiger partial charge on any atom is 0.278 e. The van der Waals surface area contributed by atoms with Gasteiger partial charge in [0.1, 0.15) is 0 Å². The first kappa shape index (κ1) is 24.8. The first-order valence-corrected chi connectivity index (χ1v) is 13.0. The van der Waals surface area contributed by atoms with Gasteiger partial charge in [0, 0.05) is 18.2 Å². The maximum atomic E-state index is 12.8. The Hall–Kier alpha value is -3.84. The van der Waals surface area contributed by atoms with Crippen LogP contribution in [0.1, 0.15) is 24.3 Å². The van der Waals surface area contributed by atoms with Crippen molar-refractivity contribution in [3.63, 3.8) is 0 Å². The van der Waals surface area contributed by atoms with Crippen LogP contribution in [0.15, 0.2) is 64.5 Å². The molecule has 0 saturated carbocycles. The molecule has 0 spiro atoms. The van der Waals surface area contributed by atoms with Gasteiger partial charge in [0.25, 0.3) is 15.9 Å². The molecule has 0 fully saturated rings. The van der Waals surface area contributed by atoms with E-state index >= 15 is 0 Å². The van der Waals surface area contributed by atoms with Crippen molar-refractivity contribution in [1.29, 1.82) is 0 Å². The first-order chi connectivity index (χ1) is 15.9. The average molecular weight is 504 g/mol. The second kappa shape index (κ2) is 9.57. The zero-order valence-electron chi connectivity index (χ0n) is 18.1. The summed E-state index contributed by atoms with van der Waals surface area (Å²) in [5, 5.41) is 2.54. The van der Waals surface area contributed by atoms with E-state index in [-0.39, 0.29) is 38.4 Å². The summed E-state index contributed by atoms with van der Waals surface area (Å²) in [5.41, 5.74) is 6.54. The number of anilines is 2. The van der Waals surface area contributed by atoms with Crippen LogP contribution in [0.3, 0.4) is 0 Å². The van der Waals surface area contributed by atoms with Crippen molar-refractivity contribution in [2.75, 3.05) is 16.8 Å². The van der Waals surface area contributed by atoms with E-state index in [1.54, 1.807) is 12.1 Å². The van der Waals surface area contributed by atoms with Crippen molar-refractivity contribution in [2.24, 2.45) is 0 Å². The van der Waals surface area contributed by atoms with E-state index in [1.165, 1.54) is 49.5 Å². The Kier molecular flexibility index (Phi) is 6.98. The standard InChI is InChI=1S/C21H21N5O6S2/c1-3-33(29,30)17-6-4-5-14(11-17)18-12-23-20(22)19(25-18)21(28)24-15-7-9-16(10-8-15)34(31,32)26-13(2)27/h4-12H,3H2,1-2H3,(H2,22,23)(H,24,28)(H,26,27). The molecule has 0 bridgehead atoms. The van der Waals surface area contributed by atoms with Crippen molar-refractivity contribution in [2.45, 2.75) is 23.6 Å². The highest BCUT2D eigenvalue weighted by molar-refractivity contribution is 7.91. The van der Waals surface area contributed by atoms with Crippen LogP contribution in [0.4, 0.5) is 11.5 Å². The molecule has 13 heteroatoms. The molecule has 178 valence electrons. The number of aromatic nitrogens is 2. The molecule has 3 aromatic rings. The zero-order chi connectivity index (χ0) is 25.1. The number of carbonyl (C=O) groups excluding carboxylic acids is 2. The lowest BCUT2D eigenvalue weighted by atomic mass is 10.1. The highest BCUT2D eigenvalue weighted by Crippen LogP contribution is 2.23. The quantitative estimate of drug-likeness (QED) is 0.432. The van der Waals surface area contributed by atoms with Crippen molar-refractivity contribution in [3.05, 3.63) is 60.4 Å². The molecule has 0 aliphatic carbocycles. The minimum absolute atomic E-state index is 0.0670. The Morgan fingerprint density at radius 2 is 1.68 bits per heavy atom. The van der Waals surface area contributed by atoms with E-state index in [0.717, 1.165) is 6.92 Å². The van der Waals surface area contributed by atoms with Crippen molar-refractivity contribution in [1.82, 2.24) is 14.7 Å². The molecular weight excluding hydrogens is 482 g/mol. The molecule has 11 nitrogen and oxygen atoms in total. The molecule has 2 aromatic carbocycles. The van der Waals surface area contributed by atoms with Gasteiger partial charge in [0.05, 0.1) is 27.4 Å². The van der Waals surface area contributed by atoms with Gasteiger partial charge in [-0.15, -0.1) is 0 Å². The summed E-state index contributed by atoms with van der Waals surface area (Å²) >= 11 is 0. The Balaban J connectivity index is 1.86. The van der Waals surface area contributed by atoms with Crippen LogP contribution in [0.5, 0.6) is 0 Å². The molecule has 0 saturated heterocycles. The molecule has 2 amide bonds. The number of rotatable bonds is 7. The minimum atomic E-state index is -4.01. The van der Waals surface area contributed by atoms with Gasteiger partial charge < -0.3 is 11.1 Å². The van der Waals surface area contributed by atoms with Crippen molar-refractivity contribution < 1.29 is 26.4 Å². The SMILES string of the molecule is CCS(=O)(=O)c1cccc(-c2cnc(N)c(C(=O)Nc3ccc(S(=O)(=O)NC(C)=O)cc3)n2)c1. The van der Waals surface area contributed by atoms with Gasteiger partial charge in [-0.2, -0.15) is 0 Å². The van der Waals surface area contributed by atoms with Gasteiger partial charge in [-0.05, 0) is 36.4 Å². The second-order valence-electron chi connectivity index (χ2n) is 7.06. The summed E-state index contributed by atoms with van der Waals surface area (Å²) in [6, 6.07) is 11.2. The normalized spacial score (nSPS) is 11.6. The fraction of sp³-hybridized carbons (Fsp3) is 0.143. The number of sulfone groups is 1. The largest absolute Gasteiger partial charge is 0.382 e. The van der Waals surface area contributed by atoms with Crippen LogP contribution in [0.2, 0.25) is 0 Å². The Morgan fingerprint density at radius 1 is 1.00 bits per heavy atom. The summed E-state index contributed by atoms with van der Waals surface area (Å²) in [4.78, 5) is 32.0. The van der Waals surface area contributed by atoms with Crippen LogP contribution in [-0.4, -0.2) is 44.4 Å². The Morgan fingerprint density at radius 3 is 2.29 bits per heavy atom. The first-order valence-electron chi connectivity index (χ1n) is 9.83. The molecule has 1 aromatic heterocycles. The number of nitrogen functional groups attached to an aromatic ring is 1. The number of carbonyl (C=O) groups is 2. The predicted molar refractivity (Wildman–Crippen MR) is 125 cm³/mol. The van der Waals surface area contributed by atoms with Gasteiger partial charge in [0.15, 0.2) is 21.3 Å². The lowest BCUT2D eigenvalue weighted by molar-refractivity contribution is -0.117. The second-order valence-corrected chi connectivity index (χ2v) is 11.0. The third kappa shape index (κ3) is 5.55. The van der Waals surface area contributed by atoms with Gasteiger partial charge in [-0.25, -0.2) is 31.5 Å². The van der Waals surface area contributed by atoms with Crippen molar-refractivity contribution >= 4 is 43.2 Å². The smallest absolute Gasteiger partial charge is 0.278 e. The summed E-state index contributed by atoms with van der Waals surface area (Å²) in [6.45, 7) is 2.61. The Labute approximate surface area is 196 Å². The topological polar surface area (TPSA) is 178 Å². The number of hydrogen-bond donors (Lipinski definition) is 3. The number of nitrogens with one attached hydrogen (secondary N) is 2. The third-order valence-corrected chi connectivity index (χ3v) is 7.77. The van der Waals surface area contributed by atoms with Crippen LogP contribution in [0, 0.1) is 0 Å². The van der Waals surface area contributed by atoms with E-state index < -0.39 is 31.7 Å². The molecule has 0 aliphatic heterocycles. The molecule has 0 atom stereocenters. The monoisotopic (exact) mass is 503 g/mol. The average Bonchev–Trinajstić information content (AvgIpc) is 2.79. The van der Waals surface area contributed by atoms with E-state index in [0.29, 0.717) is 5.56 Å². The van der Waals surface area contributed by atoms with E-state index in [2.05, 4.69) is 15.3 Å². The van der Waals surface area contributed by atoms with Gasteiger partial charge in [-0.3, -0.25) is 9.59 Å². The summed E-state index contributed by atoms with van der Waals surface area (Å²) in [7, 11) is -7.46. The van der Waals surface area contributed by atoms with Crippen LogP contribution >= 0.6 is 0 Å². The molecular formula is C21H21N5O6S2. The molecule has 4 N–H and O–H groups in total. The molecule has 0 radical (unpaired) electrons. The number of benzene rings is 2. The van der Waals surface area contributed by atoms with E-state index in [9.17, 15) is 26.4 Å². The number of nitrogens with zero attached hydrogens (tertiary/aromatic N) is 2. The minimum Gasteiger partial charge on any atom is -0.382 e. The summed E-state index contributed by atoms with van der Waals surface area (Å²) < 4.78 is 50.3. The molecule has 34 heavy (non-hydrogen) atoms. The summed E-state index contributed by atoms with van der Waals surface area (Å²) in [5.74, 6) is -1.66. The predicted octanol–water partition coefficient (Wildman–Crippen LogP) is 1.60. The molecule has 1 heterocycles. The highest BCUT2D eigenvalue weighted by Gasteiger charge is 2.18. The lowest BCUT2D eigenvalue weighted by Gasteiger charge is -2.10. The van der Waals surface area contributed by atoms with Gasteiger partial charge in [0.2, 0.25) is 5.91 Å². The van der Waals surface area contributed by atoms with Crippen LogP contribution in [0.25, 0.3) is 11.3 Å². The fourth-order valence-corrected chi connectivity index (χ4v) is 4.79. The van der Waals surface area contributed by atoms with E-state index in [1.807, 2.05) is 4.72 Å². The van der Waals surface area contributed by atoms with Gasteiger partial charge in [-0.1, -0.05) is 19.1 Å². The fourth-order valence-electron chi connectivity index (χ4n) is 2.88. The van der Waals surface area contributed by atoms with E-state index in [4.69, 9.17) is 5.73 Å².